The van der Waals surface area contributed by atoms with Crippen molar-refractivity contribution in [3.05, 3.63) is 101 Å². The van der Waals surface area contributed by atoms with Crippen LogP contribution in [0.15, 0.2) is 78.9 Å². The third kappa shape index (κ3) is 6.67. The van der Waals surface area contributed by atoms with E-state index in [1.807, 2.05) is 26.8 Å². The lowest BCUT2D eigenvalue weighted by atomic mass is 9.84. The molecule has 0 fully saturated rings. The number of ketones is 1. The summed E-state index contributed by atoms with van der Waals surface area (Å²) in [5.41, 5.74) is 2.31. The number of aromatic hydroxyl groups is 1. The van der Waals surface area contributed by atoms with Gasteiger partial charge >= 0.3 is 11.9 Å². The van der Waals surface area contributed by atoms with Crippen molar-refractivity contribution in [3.8, 4) is 17.2 Å². The molecule has 0 spiro atoms. The first-order valence-corrected chi connectivity index (χ1v) is 11.1. The summed E-state index contributed by atoms with van der Waals surface area (Å²) in [6, 6.07) is 17.5. The highest BCUT2D eigenvalue weighted by Crippen LogP contribution is 2.33. The Hall–Kier alpha value is -4.19. The predicted molar refractivity (Wildman–Crippen MR) is 133 cm³/mol. The Morgan fingerprint density at radius 3 is 2.03 bits per heavy atom. The summed E-state index contributed by atoms with van der Waals surface area (Å²) in [7, 11) is 0. The molecule has 0 unspecified atom stereocenters. The van der Waals surface area contributed by atoms with E-state index in [4.69, 9.17) is 9.47 Å². The van der Waals surface area contributed by atoms with Crippen LogP contribution < -0.4 is 9.47 Å². The van der Waals surface area contributed by atoms with E-state index >= 15 is 0 Å². The van der Waals surface area contributed by atoms with Gasteiger partial charge in [0.2, 0.25) is 0 Å². The van der Waals surface area contributed by atoms with Crippen LogP contribution in [0.25, 0.3) is 0 Å². The number of phenols is 1. The first-order chi connectivity index (χ1) is 16.4. The second-order valence-corrected chi connectivity index (χ2v) is 9.31. The number of hydrogen-bond donors (Lipinski definition) is 1. The minimum atomic E-state index is -0.535. The zero-order chi connectivity index (χ0) is 25.8. The van der Waals surface area contributed by atoms with Gasteiger partial charge in [0.05, 0.1) is 5.56 Å². The maximum absolute atomic E-state index is 12.9. The zero-order valence-corrected chi connectivity index (χ0v) is 20.3. The molecular weight excluding hydrogens is 444 g/mol. The second-order valence-electron chi connectivity index (χ2n) is 9.31. The molecule has 35 heavy (non-hydrogen) atoms. The third-order valence-corrected chi connectivity index (χ3v) is 5.26. The first-order valence-electron chi connectivity index (χ1n) is 11.1. The van der Waals surface area contributed by atoms with Crippen LogP contribution in [-0.2, 0) is 16.6 Å². The summed E-state index contributed by atoms with van der Waals surface area (Å²) in [4.78, 5) is 37.1. The molecule has 0 aliphatic heterocycles. The van der Waals surface area contributed by atoms with Gasteiger partial charge < -0.3 is 14.6 Å². The van der Waals surface area contributed by atoms with Crippen LogP contribution in [0.2, 0.25) is 0 Å². The number of phenolic OH excluding ortho intramolecular Hbond substituents is 1. The van der Waals surface area contributed by atoms with E-state index in [-0.39, 0.29) is 28.9 Å². The summed E-state index contributed by atoms with van der Waals surface area (Å²) >= 11 is 0. The van der Waals surface area contributed by atoms with Crippen LogP contribution in [0, 0.1) is 0 Å². The van der Waals surface area contributed by atoms with Crippen molar-refractivity contribution < 1.29 is 29.0 Å². The number of esters is 2. The van der Waals surface area contributed by atoms with Gasteiger partial charge in [0.15, 0.2) is 5.78 Å². The largest absolute Gasteiger partial charge is 0.508 e. The zero-order valence-electron chi connectivity index (χ0n) is 20.3. The molecule has 180 valence electrons. The van der Waals surface area contributed by atoms with Crippen LogP contribution in [0.5, 0.6) is 17.2 Å². The van der Waals surface area contributed by atoms with Crippen molar-refractivity contribution in [2.75, 3.05) is 0 Å². The highest BCUT2D eigenvalue weighted by molar-refractivity contribution is 5.98. The maximum atomic E-state index is 12.9. The van der Waals surface area contributed by atoms with Gasteiger partial charge in [0, 0.05) is 23.1 Å². The summed E-state index contributed by atoms with van der Waals surface area (Å²) in [5, 5.41) is 9.43. The molecule has 3 aromatic rings. The van der Waals surface area contributed by atoms with E-state index in [1.165, 1.54) is 24.3 Å². The van der Waals surface area contributed by atoms with Gasteiger partial charge in [-0.2, -0.15) is 0 Å². The third-order valence-electron chi connectivity index (χ3n) is 5.26. The monoisotopic (exact) mass is 472 g/mol. The summed E-state index contributed by atoms with van der Waals surface area (Å²) in [6.07, 6.45) is 0.153. The Kier molecular flexibility index (Phi) is 7.55. The molecule has 0 bridgehead atoms. The number of rotatable bonds is 7. The van der Waals surface area contributed by atoms with Crippen molar-refractivity contribution in [1.29, 1.82) is 0 Å². The summed E-state index contributed by atoms with van der Waals surface area (Å²) in [5.74, 6) is -0.346. The average molecular weight is 473 g/mol. The fourth-order valence-corrected chi connectivity index (χ4v) is 3.31. The molecule has 6 heteroatoms. The van der Waals surface area contributed by atoms with Crippen LogP contribution >= 0.6 is 0 Å². The molecule has 3 rings (SSSR count). The number of carbonyl (C=O) groups is 3. The van der Waals surface area contributed by atoms with Gasteiger partial charge in [-0.3, -0.25) is 4.79 Å². The first kappa shape index (κ1) is 25.4. The van der Waals surface area contributed by atoms with Crippen LogP contribution in [0.3, 0.4) is 0 Å². The van der Waals surface area contributed by atoms with Crippen molar-refractivity contribution in [3.63, 3.8) is 0 Å². The minimum Gasteiger partial charge on any atom is -0.508 e. The highest BCUT2D eigenvalue weighted by Gasteiger charge is 2.22. The summed E-state index contributed by atoms with van der Waals surface area (Å²) in [6.45, 7) is 11.1. The molecule has 0 radical (unpaired) electrons. The Morgan fingerprint density at radius 1 is 0.857 bits per heavy atom. The van der Waals surface area contributed by atoms with Crippen LogP contribution in [0.4, 0.5) is 0 Å². The Balaban J connectivity index is 1.77. The normalized spacial score (nSPS) is 11.0. The van der Waals surface area contributed by atoms with Gasteiger partial charge in [-0.1, -0.05) is 39.5 Å². The molecule has 0 saturated heterocycles. The minimum absolute atomic E-state index is 0.0634. The van der Waals surface area contributed by atoms with Gasteiger partial charge in [-0.15, -0.1) is 0 Å². The number of carbonyl (C=O) groups excluding carboxylic acids is 3. The summed E-state index contributed by atoms with van der Waals surface area (Å²) < 4.78 is 10.8. The molecule has 0 atom stereocenters. The van der Waals surface area contributed by atoms with E-state index in [9.17, 15) is 19.5 Å². The molecule has 6 nitrogen and oxygen atoms in total. The molecule has 3 aromatic carbocycles. The van der Waals surface area contributed by atoms with Crippen molar-refractivity contribution in [2.24, 2.45) is 0 Å². The molecule has 0 heterocycles. The van der Waals surface area contributed by atoms with Crippen molar-refractivity contribution >= 4 is 17.7 Å². The second kappa shape index (κ2) is 10.4. The average Bonchev–Trinajstić information content (AvgIpc) is 2.80. The van der Waals surface area contributed by atoms with Gasteiger partial charge in [0.1, 0.15) is 17.2 Å². The van der Waals surface area contributed by atoms with Gasteiger partial charge in [-0.05, 0) is 72.5 Å². The lowest BCUT2D eigenvalue weighted by Crippen LogP contribution is -2.17. The Bertz CT molecular complexity index is 1260. The molecule has 0 aliphatic carbocycles. The standard InChI is InChI=1S/C29H28O6/c1-18(2)27(32)34-23-13-9-20(10-14-23)25(31)17-19-6-15-26(24(16-19)29(3,4)5)35-28(33)21-7-11-22(30)12-8-21/h6-16,30H,1,17H2,2-5H3. The van der Waals surface area contributed by atoms with Crippen molar-refractivity contribution in [2.45, 2.75) is 39.5 Å². The SMILES string of the molecule is C=C(C)C(=O)Oc1ccc(C(=O)Cc2ccc(OC(=O)c3ccc(O)cc3)c(C(C)(C)C)c2)cc1. The molecular formula is C29H28O6. The molecule has 0 saturated carbocycles. The Labute approximate surface area is 204 Å². The Morgan fingerprint density at radius 2 is 1.46 bits per heavy atom. The predicted octanol–water partition coefficient (Wildman–Crippen LogP) is 5.82. The van der Waals surface area contributed by atoms with E-state index in [0.29, 0.717) is 22.6 Å². The van der Waals surface area contributed by atoms with Gasteiger partial charge in [0.25, 0.3) is 0 Å². The van der Waals surface area contributed by atoms with E-state index in [2.05, 4.69) is 6.58 Å². The maximum Gasteiger partial charge on any atom is 0.343 e. The number of Topliss-reactive ketones (excluding diaryl/α,β-unsaturated/α-hetero) is 1. The quantitative estimate of drug-likeness (QED) is 0.202. The fraction of sp³-hybridized carbons (Fsp3) is 0.207. The fourth-order valence-electron chi connectivity index (χ4n) is 3.31. The lowest BCUT2D eigenvalue weighted by molar-refractivity contribution is -0.130. The highest BCUT2D eigenvalue weighted by atomic mass is 16.5. The topological polar surface area (TPSA) is 89.9 Å². The number of hydrogen-bond acceptors (Lipinski definition) is 6. The van der Waals surface area contributed by atoms with E-state index < -0.39 is 11.9 Å². The molecule has 0 amide bonds. The molecule has 1 N–H and O–H groups in total. The number of benzene rings is 3. The molecule has 0 aromatic heterocycles. The van der Waals surface area contributed by atoms with Crippen molar-refractivity contribution in [1.82, 2.24) is 0 Å². The van der Waals surface area contributed by atoms with Crippen LogP contribution in [-0.4, -0.2) is 22.8 Å². The molecule has 0 aliphatic rings. The number of ether oxygens (including phenoxy) is 2. The van der Waals surface area contributed by atoms with E-state index in [1.54, 1.807) is 43.3 Å². The lowest BCUT2D eigenvalue weighted by Gasteiger charge is -2.23. The van der Waals surface area contributed by atoms with E-state index in [0.717, 1.165) is 11.1 Å². The van der Waals surface area contributed by atoms with Gasteiger partial charge in [-0.25, -0.2) is 9.59 Å². The van der Waals surface area contributed by atoms with Crippen LogP contribution in [0.1, 0.15) is 59.5 Å². The smallest absolute Gasteiger partial charge is 0.343 e.